The Labute approximate surface area is 116 Å². The molecule has 0 fully saturated rings. The quantitative estimate of drug-likeness (QED) is 0.858. The van der Waals surface area contributed by atoms with Crippen LogP contribution in [-0.2, 0) is 15.3 Å². The number of hydrogen-bond donors (Lipinski definition) is 1. The maximum Gasteiger partial charge on any atom is 0.337 e. The second-order valence-electron chi connectivity index (χ2n) is 3.93. The van der Waals surface area contributed by atoms with Gasteiger partial charge in [-0.1, -0.05) is 42.1 Å². The van der Waals surface area contributed by atoms with E-state index in [9.17, 15) is 4.79 Å². The van der Waals surface area contributed by atoms with Crippen LogP contribution in [0.2, 0.25) is 0 Å². The summed E-state index contributed by atoms with van der Waals surface area (Å²) in [7, 11) is 0. The summed E-state index contributed by atoms with van der Waals surface area (Å²) in [6.45, 7) is 2.55. The fourth-order valence-corrected chi connectivity index (χ4v) is 2.35. The minimum absolute atomic E-state index is 0.300. The Balaban J connectivity index is 1.81. The molecule has 0 bridgehead atoms. The van der Waals surface area contributed by atoms with Gasteiger partial charge in [-0.05, 0) is 12.5 Å². The molecule has 0 spiro atoms. The Hall–Kier alpha value is -1.75. The Bertz CT molecular complexity index is 497. The molecular weight excluding hydrogens is 260 g/mol. The van der Waals surface area contributed by atoms with Gasteiger partial charge in [-0.25, -0.2) is 4.79 Å². The molecular formula is C14H16N2O2S. The lowest BCUT2D eigenvalue weighted by Gasteiger charge is -2.13. The average molecular weight is 276 g/mol. The van der Waals surface area contributed by atoms with Crippen molar-refractivity contribution in [3.63, 3.8) is 0 Å². The third-order valence-corrected chi connectivity index (χ3v) is 3.52. The number of nitrogens with one attached hydrogen (secondary N) is 1. The summed E-state index contributed by atoms with van der Waals surface area (Å²) in [6, 6.07) is 10.2. The lowest BCUT2D eigenvalue weighted by atomic mass is 10.2. The van der Waals surface area contributed by atoms with Gasteiger partial charge in [0.2, 0.25) is 0 Å². The van der Waals surface area contributed by atoms with E-state index in [0.717, 1.165) is 10.9 Å². The molecule has 0 saturated carbocycles. The number of carbonyl (C=O) groups excluding carboxylic acids is 1. The maximum atomic E-state index is 11.5. The van der Waals surface area contributed by atoms with Crippen LogP contribution in [0.3, 0.4) is 0 Å². The van der Waals surface area contributed by atoms with E-state index >= 15 is 0 Å². The highest BCUT2D eigenvalue weighted by Gasteiger charge is 2.14. The van der Waals surface area contributed by atoms with Crippen LogP contribution in [-0.4, -0.2) is 24.3 Å². The summed E-state index contributed by atoms with van der Waals surface area (Å²) in [5, 5.41) is 3.86. The Morgan fingerprint density at radius 1 is 1.42 bits per heavy atom. The van der Waals surface area contributed by atoms with Gasteiger partial charge in [-0.15, -0.1) is 0 Å². The van der Waals surface area contributed by atoms with Crippen LogP contribution in [0.25, 0.3) is 0 Å². The molecule has 1 N–H and O–H groups in total. The van der Waals surface area contributed by atoms with Gasteiger partial charge in [-0.3, -0.25) is 4.99 Å². The van der Waals surface area contributed by atoms with E-state index in [1.54, 1.807) is 24.9 Å². The number of ether oxygens (including phenoxy) is 1. The van der Waals surface area contributed by atoms with Crippen molar-refractivity contribution >= 4 is 22.9 Å². The van der Waals surface area contributed by atoms with Crippen LogP contribution < -0.4 is 5.32 Å². The number of thioether (sulfide) groups is 1. The number of aliphatic imine (C=N–C) groups is 1. The topological polar surface area (TPSA) is 50.7 Å². The Kier molecular flexibility index (Phi) is 5.03. The first-order valence-electron chi connectivity index (χ1n) is 6.13. The fraction of sp³-hybridized carbons (Fsp3) is 0.286. The van der Waals surface area contributed by atoms with Crippen molar-refractivity contribution in [3.8, 4) is 0 Å². The summed E-state index contributed by atoms with van der Waals surface area (Å²) >= 11 is 1.62. The molecule has 0 aromatic heterocycles. The normalized spacial score (nSPS) is 14.2. The molecule has 100 valence electrons. The first-order valence-corrected chi connectivity index (χ1v) is 7.12. The second-order valence-corrected chi connectivity index (χ2v) is 4.89. The first kappa shape index (κ1) is 13.7. The molecule has 1 aromatic carbocycles. The highest BCUT2D eigenvalue weighted by atomic mass is 32.2. The molecule has 1 aromatic rings. The molecule has 0 amide bonds. The van der Waals surface area contributed by atoms with Crippen molar-refractivity contribution in [2.24, 2.45) is 4.99 Å². The molecule has 5 heteroatoms. The number of amidine groups is 1. The zero-order valence-corrected chi connectivity index (χ0v) is 11.6. The minimum Gasteiger partial charge on any atom is -0.463 e. The van der Waals surface area contributed by atoms with Crippen molar-refractivity contribution < 1.29 is 9.53 Å². The number of hydrogen-bond acceptors (Lipinski definition) is 5. The van der Waals surface area contributed by atoms with E-state index in [1.807, 2.05) is 18.2 Å². The lowest BCUT2D eigenvalue weighted by Crippen LogP contribution is -2.24. The van der Waals surface area contributed by atoms with Crippen LogP contribution in [0.4, 0.5) is 0 Å². The molecule has 19 heavy (non-hydrogen) atoms. The summed E-state index contributed by atoms with van der Waals surface area (Å²) < 4.78 is 4.92. The number of benzene rings is 1. The number of esters is 1. The standard InChI is InChI=1S/C14H16N2O2S/c1-2-18-13(17)12-8-15-14(16-9-12)19-10-11-6-4-3-5-7-11/h3-8H,2,9-10H2,1H3,(H,15,16). The zero-order chi connectivity index (χ0) is 13.5. The third kappa shape index (κ3) is 4.13. The fourth-order valence-electron chi connectivity index (χ4n) is 1.56. The first-order chi connectivity index (χ1) is 9.29. The molecule has 0 saturated heterocycles. The third-order valence-electron chi connectivity index (χ3n) is 2.52. The lowest BCUT2D eigenvalue weighted by molar-refractivity contribution is -0.138. The van der Waals surface area contributed by atoms with Crippen LogP contribution in [0.5, 0.6) is 0 Å². The van der Waals surface area contributed by atoms with E-state index in [2.05, 4.69) is 22.4 Å². The van der Waals surface area contributed by atoms with E-state index in [4.69, 9.17) is 4.74 Å². The number of rotatable bonds is 4. The number of nitrogens with zero attached hydrogens (tertiary/aromatic N) is 1. The van der Waals surface area contributed by atoms with Crippen molar-refractivity contribution in [1.82, 2.24) is 5.32 Å². The molecule has 0 atom stereocenters. The molecule has 0 unspecified atom stereocenters. The monoisotopic (exact) mass is 276 g/mol. The van der Waals surface area contributed by atoms with Gasteiger partial charge in [-0.2, -0.15) is 0 Å². The van der Waals surface area contributed by atoms with Gasteiger partial charge in [0.05, 0.1) is 18.7 Å². The molecule has 0 aliphatic carbocycles. The second kappa shape index (κ2) is 6.99. The highest BCUT2D eigenvalue weighted by molar-refractivity contribution is 8.13. The van der Waals surface area contributed by atoms with Crippen molar-refractivity contribution in [2.75, 3.05) is 13.2 Å². The van der Waals surface area contributed by atoms with Gasteiger partial charge >= 0.3 is 5.97 Å². The smallest absolute Gasteiger partial charge is 0.337 e. The molecule has 2 rings (SSSR count). The van der Waals surface area contributed by atoms with Crippen molar-refractivity contribution in [3.05, 3.63) is 47.7 Å². The minimum atomic E-state index is -0.300. The average Bonchev–Trinajstić information content (AvgIpc) is 2.47. The molecule has 1 aliphatic heterocycles. The van der Waals surface area contributed by atoms with E-state index < -0.39 is 0 Å². The Morgan fingerprint density at radius 3 is 2.84 bits per heavy atom. The predicted molar refractivity (Wildman–Crippen MR) is 77.9 cm³/mol. The molecule has 0 radical (unpaired) electrons. The van der Waals surface area contributed by atoms with Gasteiger partial charge in [0.25, 0.3) is 0 Å². The van der Waals surface area contributed by atoms with Gasteiger partial charge in [0, 0.05) is 12.0 Å². The van der Waals surface area contributed by atoms with Gasteiger partial charge in [0.1, 0.15) is 0 Å². The Morgan fingerprint density at radius 2 is 2.21 bits per heavy atom. The van der Waals surface area contributed by atoms with Crippen molar-refractivity contribution in [2.45, 2.75) is 12.7 Å². The van der Waals surface area contributed by atoms with Crippen molar-refractivity contribution in [1.29, 1.82) is 0 Å². The van der Waals surface area contributed by atoms with E-state index in [0.29, 0.717) is 18.7 Å². The zero-order valence-electron chi connectivity index (χ0n) is 10.8. The summed E-state index contributed by atoms with van der Waals surface area (Å²) in [5.74, 6) is 0.556. The molecule has 1 aliphatic rings. The van der Waals surface area contributed by atoms with Crippen LogP contribution in [0.15, 0.2) is 47.1 Å². The maximum absolute atomic E-state index is 11.5. The molecule has 4 nitrogen and oxygen atoms in total. The van der Waals surface area contributed by atoms with Gasteiger partial charge in [0.15, 0.2) is 5.17 Å². The van der Waals surface area contributed by atoms with Crippen LogP contribution in [0.1, 0.15) is 12.5 Å². The number of carbonyl (C=O) groups is 1. The van der Waals surface area contributed by atoms with E-state index in [-0.39, 0.29) is 5.97 Å². The van der Waals surface area contributed by atoms with Gasteiger partial charge < -0.3 is 10.1 Å². The summed E-state index contributed by atoms with van der Waals surface area (Å²) in [6.07, 6.45) is 1.68. The van der Waals surface area contributed by atoms with Crippen LogP contribution in [0, 0.1) is 0 Å². The van der Waals surface area contributed by atoms with E-state index in [1.165, 1.54) is 5.56 Å². The summed E-state index contributed by atoms with van der Waals surface area (Å²) in [5.41, 5.74) is 1.81. The van der Waals surface area contributed by atoms with Crippen LogP contribution >= 0.6 is 11.8 Å². The molecule has 1 heterocycles. The largest absolute Gasteiger partial charge is 0.463 e. The SMILES string of the molecule is CCOC(=O)C1=CNC(SCc2ccccc2)=NC1. The summed E-state index contributed by atoms with van der Waals surface area (Å²) in [4.78, 5) is 15.8. The predicted octanol–water partition coefficient (Wildman–Crippen LogP) is 2.33. The highest BCUT2D eigenvalue weighted by Crippen LogP contribution is 2.15.